The summed E-state index contributed by atoms with van der Waals surface area (Å²) in [7, 11) is 0. The number of hydrogen-bond acceptors (Lipinski definition) is 1. The van der Waals surface area contributed by atoms with Gasteiger partial charge in [0.05, 0.1) is 0 Å². The monoisotopic (exact) mass is 241 g/mol. The van der Waals surface area contributed by atoms with Gasteiger partial charge in [0, 0.05) is 6.20 Å². The van der Waals surface area contributed by atoms with Crippen LogP contribution in [0.1, 0.15) is 0 Å². The Kier molecular flexibility index (Phi) is 4.18. The van der Waals surface area contributed by atoms with Gasteiger partial charge in [0.15, 0.2) is 0 Å². The Balaban J connectivity index is 0.000000490. The van der Waals surface area contributed by atoms with Crippen molar-refractivity contribution >= 4 is 35.6 Å². The molecule has 0 aliphatic rings. The molecule has 0 bridgehead atoms. The number of aromatic nitrogens is 1. The van der Waals surface area contributed by atoms with Gasteiger partial charge in [0.25, 0.3) is 0 Å². The first-order chi connectivity index (χ1) is 3.39. The van der Waals surface area contributed by atoms with Gasteiger partial charge in [-0.2, -0.15) is 0 Å². The summed E-state index contributed by atoms with van der Waals surface area (Å²) in [5.74, 6) is 0. The quantitative estimate of drug-likeness (QED) is 0.502. The van der Waals surface area contributed by atoms with E-state index in [0.29, 0.717) is 5.15 Å². The van der Waals surface area contributed by atoms with E-state index in [9.17, 15) is 0 Å². The second kappa shape index (κ2) is 4.09. The van der Waals surface area contributed by atoms with Crippen LogP contribution in [0.25, 0.3) is 0 Å². The Labute approximate surface area is 70.1 Å². The van der Waals surface area contributed by atoms with Crippen LogP contribution in [-0.2, 0) is 0 Å². The molecule has 0 unspecified atom stereocenters. The molecule has 0 amide bonds. The van der Waals surface area contributed by atoms with Gasteiger partial charge in [-0.15, -0.1) is 24.0 Å². The first-order valence-corrected chi connectivity index (χ1v) is 2.34. The van der Waals surface area contributed by atoms with Gasteiger partial charge in [-0.05, 0) is 12.1 Å². The van der Waals surface area contributed by atoms with Crippen LogP contribution in [0.5, 0.6) is 0 Å². The highest BCUT2D eigenvalue weighted by Crippen LogP contribution is 1.98. The van der Waals surface area contributed by atoms with Gasteiger partial charge in [0.1, 0.15) is 5.15 Å². The second-order valence-corrected chi connectivity index (χ2v) is 1.54. The maximum atomic E-state index is 5.43. The molecule has 0 aliphatic carbocycles. The van der Waals surface area contributed by atoms with E-state index in [0.717, 1.165) is 0 Å². The zero-order valence-corrected chi connectivity index (χ0v) is 7.13. The Morgan fingerprint density at radius 2 is 2.12 bits per heavy atom. The van der Waals surface area contributed by atoms with Crippen molar-refractivity contribution in [2.45, 2.75) is 0 Å². The SMILES string of the molecule is Clc1ccccn1.I. The third kappa shape index (κ3) is 2.47. The van der Waals surface area contributed by atoms with Crippen LogP contribution < -0.4 is 0 Å². The Hall–Kier alpha value is 0.170. The molecule has 0 fully saturated rings. The highest BCUT2D eigenvalue weighted by Gasteiger charge is 1.76. The van der Waals surface area contributed by atoms with E-state index in [1.807, 2.05) is 12.1 Å². The molecule has 0 radical (unpaired) electrons. The van der Waals surface area contributed by atoms with Crippen LogP contribution in [0.4, 0.5) is 0 Å². The number of pyridine rings is 1. The van der Waals surface area contributed by atoms with Crippen molar-refractivity contribution in [3.8, 4) is 0 Å². The molecule has 0 aromatic carbocycles. The van der Waals surface area contributed by atoms with E-state index >= 15 is 0 Å². The van der Waals surface area contributed by atoms with E-state index in [4.69, 9.17) is 11.6 Å². The molecule has 44 valence electrons. The summed E-state index contributed by atoms with van der Waals surface area (Å²) < 4.78 is 0. The van der Waals surface area contributed by atoms with E-state index in [1.165, 1.54) is 0 Å². The molecule has 1 rings (SSSR count). The predicted octanol–water partition coefficient (Wildman–Crippen LogP) is 2.35. The maximum absolute atomic E-state index is 5.43. The molecule has 0 aliphatic heterocycles. The van der Waals surface area contributed by atoms with Gasteiger partial charge in [-0.1, -0.05) is 17.7 Å². The van der Waals surface area contributed by atoms with E-state index < -0.39 is 0 Å². The number of rotatable bonds is 0. The largest absolute Gasteiger partial charge is 0.245 e. The number of hydrogen-bond donors (Lipinski definition) is 0. The minimum absolute atomic E-state index is 0. The zero-order chi connectivity index (χ0) is 5.11. The number of nitrogens with zero attached hydrogens (tertiary/aromatic N) is 1. The molecular weight excluding hydrogens is 236 g/mol. The molecule has 0 saturated carbocycles. The fraction of sp³-hybridized carbons (Fsp3) is 0. The lowest BCUT2D eigenvalue weighted by Gasteiger charge is -1.79. The van der Waals surface area contributed by atoms with Crippen LogP contribution >= 0.6 is 35.6 Å². The van der Waals surface area contributed by atoms with Gasteiger partial charge < -0.3 is 0 Å². The van der Waals surface area contributed by atoms with Crippen molar-refractivity contribution in [2.24, 2.45) is 0 Å². The minimum atomic E-state index is 0. The molecular formula is C5H5ClIN. The smallest absolute Gasteiger partial charge is 0.129 e. The normalized spacial score (nSPS) is 7.62. The maximum Gasteiger partial charge on any atom is 0.129 e. The molecule has 1 aromatic heterocycles. The number of halogens is 2. The standard InChI is InChI=1S/C5H4ClN.HI/c6-5-3-1-2-4-7-5;/h1-4H;1H. The van der Waals surface area contributed by atoms with Crippen LogP contribution in [-0.4, -0.2) is 4.98 Å². The fourth-order valence-electron chi connectivity index (χ4n) is 0.342. The molecule has 3 heteroatoms. The van der Waals surface area contributed by atoms with Crippen molar-refractivity contribution < 1.29 is 0 Å². The summed E-state index contributed by atoms with van der Waals surface area (Å²) in [5, 5.41) is 0.544. The summed E-state index contributed by atoms with van der Waals surface area (Å²) in [4.78, 5) is 3.74. The summed E-state index contributed by atoms with van der Waals surface area (Å²) in [5.41, 5.74) is 0. The molecule has 1 heterocycles. The molecule has 0 N–H and O–H groups in total. The third-order valence-electron chi connectivity index (χ3n) is 0.629. The van der Waals surface area contributed by atoms with Crippen molar-refractivity contribution in [2.75, 3.05) is 0 Å². The zero-order valence-electron chi connectivity index (χ0n) is 4.04. The summed E-state index contributed by atoms with van der Waals surface area (Å²) in [6.07, 6.45) is 1.66. The van der Waals surface area contributed by atoms with E-state index in [-0.39, 0.29) is 24.0 Å². The van der Waals surface area contributed by atoms with Gasteiger partial charge in [-0.3, -0.25) is 0 Å². The summed E-state index contributed by atoms with van der Waals surface area (Å²) in [6, 6.07) is 5.41. The average Bonchev–Trinajstić information content (AvgIpc) is 1.69. The highest BCUT2D eigenvalue weighted by molar-refractivity contribution is 14.0. The van der Waals surface area contributed by atoms with Crippen molar-refractivity contribution in [1.82, 2.24) is 4.98 Å². The minimum Gasteiger partial charge on any atom is -0.245 e. The summed E-state index contributed by atoms with van der Waals surface area (Å²) in [6.45, 7) is 0. The summed E-state index contributed by atoms with van der Waals surface area (Å²) >= 11 is 5.43. The molecule has 0 atom stereocenters. The Morgan fingerprint density at radius 1 is 1.38 bits per heavy atom. The molecule has 0 saturated heterocycles. The first kappa shape index (κ1) is 8.17. The van der Waals surface area contributed by atoms with Gasteiger partial charge in [-0.25, -0.2) is 4.98 Å². The van der Waals surface area contributed by atoms with Crippen molar-refractivity contribution in [3.05, 3.63) is 29.5 Å². The molecule has 1 nitrogen and oxygen atoms in total. The van der Waals surface area contributed by atoms with Crippen LogP contribution in [0.2, 0.25) is 5.15 Å². The van der Waals surface area contributed by atoms with Crippen LogP contribution in [0.15, 0.2) is 24.4 Å². The fourth-order valence-corrected chi connectivity index (χ4v) is 0.471. The molecule has 0 spiro atoms. The predicted molar refractivity (Wildman–Crippen MR) is 44.7 cm³/mol. The lowest BCUT2D eigenvalue weighted by Crippen LogP contribution is -1.65. The highest BCUT2D eigenvalue weighted by atomic mass is 127. The molecule has 1 aromatic rings. The topological polar surface area (TPSA) is 12.9 Å². The van der Waals surface area contributed by atoms with E-state index in [1.54, 1.807) is 12.3 Å². The second-order valence-electron chi connectivity index (χ2n) is 1.15. The lowest BCUT2D eigenvalue weighted by atomic mass is 10.5. The van der Waals surface area contributed by atoms with Crippen molar-refractivity contribution in [3.63, 3.8) is 0 Å². The first-order valence-electron chi connectivity index (χ1n) is 1.96. The van der Waals surface area contributed by atoms with Gasteiger partial charge >= 0.3 is 0 Å². The van der Waals surface area contributed by atoms with Crippen molar-refractivity contribution in [1.29, 1.82) is 0 Å². The Morgan fingerprint density at radius 3 is 2.38 bits per heavy atom. The Bertz CT molecular complexity index is 142. The average molecular weight is 241 g/mol. The van der Waals surface area contributed by atoms with E-state index in [2.05, 4.69) is 4.98 Å². The lowest BCUT2D eigenvalue weighted by molar-refractivity contribution is 1.33. The van der Waals surface area contributed by atoms with Crippen LogP contribution in [0, 0.1) is 0 Å². The van der Waals surface area contributed by atoms with Crippen LogP contribution in [0.3, 0.4) is 0 Å². The third-order valence-corrected chi connectivity index (χ3v) is 0.852. The van der Waals surface area contributed by atoms with Gasteiger partial charge in [0.2, 0.25) is 0 Å². The molecule has 8 heavy (non-hydrogen) atoms.